The number of hydrogen-bond donors (Lipinski definition) is 1. The molecule has 2 aliphatic rings. The molecule has 37 heavy (non-hydrogen) atoms. The number of fused-ring (bicyclic) bond motifs is 2. The number of nitrogens with zero attached hydrogens (tertiary/aromatic N) is 7. The number of anilines is 3. The van der Waals surface area contributed by atoms with Crippen molar-refractivity contribution in [2.24, 2.45) is 7.05 Å². The number of benzene rings is 1. The van der Waals surface area contributed by atoms with E-state index < -0.39 is 5.60 Å². The molecule has 0 spiro atoms. The zero-order valence-electron chi connectivity index (χ0n) is 22.3. The maximum absolute atomic E-state index is 13.3. The molecule has 11 nitrogen and oxygen atoms in total. The van der Waals surface area contributed by atoms with E-state index in [1.54, 1.807) is 23.0 Å². The monoisotopic (exact) mass is 506 g/mol. The van der Waals surface area contributed by atoms with E-state index in [1.807, 2.05) is 52.8 Å². The van der Waals surface area contributed by atoms with Crippen LogP contribution in [0.1, 0.15) is 38.8 Å². The summed E-state index contributed by atoms with van der Waals surface area (Å²) in [5.41, 5.74) is 4.73. The Kier molecular flexibility index (Phi) is 6.17. The predicted octanol–water partition coefficient (Wildman–Crippen LogP) is 3.71. The molecule has 2 aromatic heterocycles. The fourth-order valence-corrected chi connectivity index (χ4v) is 5.03. The molecule has 2 aliphatic heterocycles. The van der Waals surface area contributed by atoms with Gasteiger partial charge in [0.1, 0.15) is 22.5 Å². The van der Waals surface area contributed by atoms with Gasteiger partial charge in [0.15, 0.2) is 0 Å². The summed E-state index contributed by atoms with van der Waals surface area (Å²) in [6.45, 7) is 12.1. The topological polar surface area (TPSA) is 109 Å². The maximum atomic E-state index is 13.3. The fourth-order valence-electron chi connectivity index (χ4n) is 5.03. The van der Waals surface area contributed by atoms with Crippen LogP contribution in [0.3, 0.4) is 0 Å². The number of urea groups is 1. The highest BCUT2D eigenvalue weighted by molar-refractivity contribution is 6.04. The average molecular weight is 507 g/mol. The van der Waals surface area contributed by atoms with Crippen molar-refractivity contribution in [3.63, 3.8) is 0 Å². The van der Waals surface area contributed by atoms with Crippen molar-refractivity contribution in [3.8, 4) is 0 Å². The van der Waals surface area contributed by atoms with Gasteiger partial charge in [-0.15, -0.1) is 0 Å². The molecule has 1 fully saturated rings. The van der Waals surface area contributed by atoms with Crippen molar-refractivity contribution in [1.29, 1.82) is 0 Å². The van der Waals surface area contributed by atoms with Crippen LogP contribution in [0, 0.1) is 6.92 Å². The molecule has 4 heterocycles. The molecule has 0 bridgehead atoms. The normalized spacial score (nSPS) is 17.8. The lowest BCUT2D eigenvalue weighted by Crippen LogP contribution is -2.55. The van der Waals surface area contributed by atoms with Crippen LogP contribution in [0.5, 0.6) is 0 Å². The predicted molar refractivity (Wildman–Crippen MR) is 142 cm³/mol. The lowest BCUT2D eigenvalue weighted by atomic mass is 10.1. The maximum Gasteiger partial charge on any atom is 0.410 e. The Bertz CT molecular complexity index is 1360. The third-order valence-electron chi connectivity index (χ3n) is 6.76. The second-order valence-corrected chi connectivity index (χ2v) is 10.8. The van der Waals surface area contributed by atoms with Crippen molar-refractivity contribution in [1.82, 2.24) is 24.9 Å². The molecule has 0 unspecified atom stereocenters. The lowest BCUT2D eigenvalue weighted by Gasteiger charge is -2.41. The number of nitrogens with one attached hydrogen (secondary N) is 1. The van der Waals surface area contributed by atoms with E-state index in [0.29, 0.717) is 37.7 Å². The quantitative estimate of drug-likeness (QED) is 0.564. The van der Waals surface area contributed by atoms with E-state index in [2.05, 4.69) is 25.4 Å². The summed E-state index contributed by atoms with van der Waals surface area (Å²) in [6.07, 6.45) is 2.19. The minimum Gasteiger partial charge on any atom is -0.444 e. The van der Waals surface area contributed by atoms with E-state index in [0.717, 1.165) is 34.3 Å². The molecule has 5 rings (SSSR count). The Morgan fingerprint density at radius 2 is 1.84 bits per heavy atom. The standard InChI is InChI=1S/C26H34N8O3/c1-16-13-20-21(30-31(6)29-20)14-19(16)28-24(35)34-10-8-18-22(7-9-27-23(18)34)32-11-12-33(17(2)15-32)25(36)37-26(3,4)5/h7,9,13-14,17H,8,10-12,15H2,1-6H3,(H,28,35)/t17-/m0/s1. The number of piperazine rings is 1. The highest BCUT2D eigenvalue weighted by Gasteiger charge is 2.34. The van der Waals surface area contributed by atoms with E-state index in [1.165, 1.54) is 4.80 Å². The molecule has 11 heteroatoms. The van der Waals surface area contributed by atoms with E-state index in [9.17, 15) is 9.59 Å². The molecular weight excluding hydrogens is 472 g/mol. The van der Waals surface area contributed by atoms with Gasteiger partial charge in [0.25, 0.3) is 0 Å². The van der Waals surface area contributed by atoms with Crippen molar-refractivity contribution in [3.05, 3.63) is 35.5 Å². The number of hydrogen-bond acceptors (Lipinski definition) is 7. The first kappa shape index (κ1) is 24.8. The van der Waals surface area contributed by atoms with Gasteiger partial charge >= 0.3 is 12.1 Å². The van der Waals surface area contributed by atoms with Crippen LogP contribution in [0.4, 0.5) is 26.8 Å². The number of carbonyl (C=O) groups is 2. The molecule has 3 amide bonds. The smallest absolute Gasteiger partial charge is 0.410 e. The number of pyridine rings is 1. The van der Waals surface area contributed by atoms with Crippen LogP contribution in [0.15, 0.2) is 24.4 Å². The number of amides is 3. The summed E-state index contributed by atoms with van der Waals surface area (Å²) >= 11 is 0. The molecule has 1 saturated heterocycles. The summed E-state index contributed by atoms with van der Waals surface area (Å²) in [5.74, 6) is 0.676. The van der Waals surface area contributed by atoms with Crippen LogP contribution in [0.2, 0.25) is 0 Å². The lowest BCUT2D eigenvalue weighted by molar-refractivity contribution is 0.0159. The van der Waals surface area contributed by atoms with Crippen molar-refractivity contribution in [2.75, 3.05) is 41.3 Å². The second kappa shape index (κ2) is 9.20. The molecule has 3 aromatic rings. The fraction of sp³-hybridized carbons (Fsp3) is 0.500. The molecule has 0 radical (unpaired) electrons. The third kappa shape index (κ3) is 4.90. The van der Waals surface area contributed by atoms with Crippen LogP contribution in [-0.4, -0.2) is 74.8 Å². The van der Waals surface area contributed by atoms with Gasteiger partial charge in [-0.05, 0) is 64.8 Å². The van der Waals surface area contributed by atoms with Crippen LogP contribution in [0.25, 0.3) is 11.0 Å². The second-order valence-electron chi connectivity index (χ2n) is 10.8. The SMILES string of the molecule is Cc1cc2nn(C)nc2cc1NC(=O)N1CCc2c(N3CCN(C(=O)OC(C)(C)C)[C@@H](C)C3)ccnc21. The Morgan fingerprint density at radius 3 is 2.54 bits per heavy atom. The molecule has 1 N–H and O–H groups in total. The Hall–Kier alpha value is -3.89. The summed E-state index contributed by atoms with van der Waals surface area (Å²) in [7, 11) is 1.77. The first-order chi connectivity index (χ1) is 17.5. The van der Waals surface area contributed by atoms with Gasteiger partial charge < -0.3 is 19.9 Å². The zero-order chi connectivity index (χ0) is 26.5. The molecule has 196 valence electrons. The highest BCUT2D eigenvalue weighted by atomic mass is 16.6. The van der Waals surface area contributed by atoms with Gasteiger partial charge in [0, 0.05) is 62.4 Å². The van der Waals surface area contributed by atoms with Crippen LogP contribution >= 0.6 is 0 Å². The number of carbonyl (C=O) groups excluding carboxylic acids is 2. The van der Waals surface area contributed by atoms with Gasteiger partial charge in [-0.3, -0.25) is 4.90 Å². The highest BCUT2D eigenvalue weighted by Crippen LogP contribution is 2.35. The molecular formula is C26H34N8O3. The number of ether oxygens (including phenoxy) is 1. The summed E-state index contributed by atoms with van der Waals surface area (Å²) in [4.78, 5) is 37.8. The molecule has 0 aliphatic carbocycles. The minimum absolute atomic E-state index is 0.00722. The molecule has 1 aromatic carbocycles. The summed E-state index contributed by atoms with van der Waals surface area (Å²) in [6, 6.07) is 5.54. The van der Waals surface area contributed by atoms with Crippen molar-refractivity contribution >= 4 is 40.4 Å². The van der Waals surface area contributed by atoms with E-state index >= 15 is 0 Å². The van der Waals surface area contributed by atoms with Gasteiger partial charge in [-0.1, -0.05) is 0 Å². The largest absolute Gasteiger partial charge is 0.444 e. The van der Waals surface area contributed by atoms with Gasteiger partial charge in [0.05, 0.1) is 0 Å². The van der Waals surface area contributed by atoms with Crippen molar-refractivity contribution in [2.45, 2.75) is 52.7 Å². The number of rotatable bonds is 2. The summed E-state index contributed by atoms with van der Waals surface area (Å²) < 4.78 is 5.58. The number of aryl methyl sites for hydroxylation is 2. The first-order valence-electron chi connectivity index (χ1n) is 12.6. The van der Waals surface area contributed by atoms with Gasteiger partial charge in [-0.2, -0.15) is 15.0 Å². The van der Waals surface area contributed by atoms with E-state index in [4.69, 9.17) is 4.74 Å². The Morgan fingerprint density at radius 1 is 1.11 bits per heavy atom. The molecule has 0 saturated carbocycles. The Labute approximate surface area is 216 Å². The van der Waals surface area contributed by atoms with Gasteiger partial charge in [0.2, 0.25) is 0 Å². The minimum atomic E-state index is -0.525. The average Bonchev–Trinajstić information content (AvgIpc) is 3.40. The Balaban J connectivity index is 1.31. The molecule has 1 atom stereocenters. The third-order valence-corrected chi connectivity index (χ3v) is 6.76. The first-order valence-corrected chi connectivity index (χ1v) is 12.6. The van der Waals surface area contributed by atoms with E-state index in [-0.39, 0.29) is 18.2 Å². The number of aromatic nitrogens is 4. The zero-order valence-corrected chi connectivity index (χ0v) is 22.3. The van der Waals surface area contributed by atoms with Crippen molar-refractivity contribution < 1.29 is 14.3 Å². The van der Waals surface area contributed by atoms with Crippen LogP contribution in [-0.2, 0) is 18.2 Å². The summed E-state index contributed by atoms with van der Waals surface area (Å²) in [5, 5.41) is 11.7. The van der Waals surface area contributed by atoms with Crippen LogP contribution < -0.4 is 15.1 Å². The van der Waals surface area contributed by atoms with Gasteiger partial charge in [-0.25, -0.2) is 14.6 Å².